The van der Waals surface area contributed by atoms with E-state index in [-0.39, 0.29) is 11.3 Å². The van der Waals surface area contributed by atoms with Crippen molar-refractivity contribution >= 4 is 23.2 Å². The van der Waals surface area contributed by atoms with Crippen LogP contribution in [0.1, 0.15) is 32.6 Å². The van der Waals surface area contributed by atoms with Crippen molar-refractivity contribution < 1.29 is 9.90 Å². The van der Waals surface area contributed by atoms with Crippen LogP contribution in [-0.2, 0) is 13.1 Å². The van der Waals surface area contributed by atoms with E-state index in [4.69, 9.17) is 11.6 Å². The van der Waals surface area contributed by atoms with Gasteiger partial charge in [0.05, 0.1) is 5.56 Å². The third-order valence-corrected chi connectivity index (χ3v) is 4.56. The number of phenols is 1. The molecule has 3 rings (SSSR count). The molecule has 0 heterocycles. The third kappa shape index (κ3) is 5.35. The molecule has 0 fully saturated rings. The van der Waals surface area contributed by atoms with E-state index in [9.17, 15) is 9.90 Å². The molecule has 3 aromatic carbocycles. The lowest BCUT2D eigenvalue weighted by molar-refractivity contribution is 0.102. The monoisotopic (exact) mass is 394 g/mol. The molecule has 1 amide bonds. The number of carbonyl (C=O) groups excluding carboxylic acids is 1. The predicted octanol–water partition coefficient (Wildman–Crippen LogP) is 5.20. The number of aryl methyl sites for hydroxylation is 2. The second-order valence-electron chi connectivity index (χ2n) is 6.92. The van der Waals surface area contributed by atoms with E-state index >= 15 is 0 Å². The zero-order chi connectivity index (χ0) is 20.1. The Kier molecular flexibility index (Phi) is 6.34. The average molecular weight is 395 g/mol. The summed E-state index contributed by atoms with van der Waals surface area (Å²) in [5.41, 5.74) is 5.62. The number of phenolic OH excluding ortho intramolecular Hbond substituents is 1. The minimum Gasteiger partial charge on any atom is -0.507 e. The highest BCUT2D eigenvalue weighted by molar-refractivity contribution is 6.31. The predicted molar refractivity (Wildman–Crippen MR) is 114 cm³/mol. The molecule has 144 valence electrons. The molecule has 0 saturated heterocycles. The number of aromatic hydroxyl groups is 1. The summed E-state index contributed by atoms with van der Waals surface area (Å²) >= 11 is 5.92. The van der Waals surface area contributed by atoms with Crippen LogP contribution in [0.25, 0.3) is 0 Å². The molecule has 0 unspecified atom stereocenters. The van der Waals surface area contributed by atoms with Gasteiger partial charge >= 0.3 is 0 Å². The summed E-state index contributed by atoms with van der Waals surface area (Å²) < 4.78 is 0. The maximum Gasteiger partial charge on any atom is 0.259 e. The number of benzene rings is 3. The van der Waals surface area contributed by atoms with Crippen molar-refractivity contribution in [2.75, 3.05) is 5.32 Å². The van der Waals surface area contributed by atoms with Crippen LogP contribution in [0.4, 0.5) is 5.69 Å². The first-order valence-electron chi connectivity index (χ1n) is 9.07. The van der Waals surface area contributed by atoms with Crippen LogP contribution in [0.5, 0.6) is 5.75 Å². The van der Waals surface area contributed by atoms with Crippen molar-refractivity contribution in [3.05, 3.63) is 93.5 Å². The Hall–Kier alpha value is -2.82. The first kappa shape index (κ1) is 19.9. The van der Waals surface area contributed by atoms with Crippen LogP contribution >= 0.6 is 11.6 Å². The molecule has 0 aliphatic carbocycles. The van der Waals surface area contributed by atoms with Crippen LogP contribution in [-0.4, -0.2) is 11.0 Å². The smallest absolute Gasteiger partial charge is 0.259 e. The van der Waals surface area contributed by atoms with E-state index in [0.717, 1.165) is 12.1 Å². The van der Waals surface area contributed by atoms with Gasteiger partial charge in [0, 0.05) is 23.8 Å². The Morgan fingerprint density at radius 3 is 2.39 bits per heavy atom. The minimum absolute atomic E-state index is 0.104. The number of hydrogen-bond donors (Lipinski definition) is 3. The van der Waals surface area contributed by atoms with Crippen molar-refractivity contribution in [2.24, 2.45) is 0 Å². The number of hydrogen-bond acceptors (Lipinski definition) is 3. The average Bonchev–Trinajstić information content (AvgIpc) is 2.63. The van der Waals surface area contributed by atoms with Crippen LogP contribution in [0.15, 0.2) is 60.7 Å². The van der Waals surface area contributed by atoms with Gasteiger partial charge in [-0.2, -0.15) is 0 Å². The number of nitrogens with one attached hydrogen (secondary N) is 2. The van der Waals surface area contributed by atoms with Crippen molar-refractivity contribution in [3.63, 3.8) is 0 Å². The molecule has 0 atom stereocenters. The SMILES string of the molecule is Cc1cc(C)cc(CNCc2cccc(NC(=O)c3cc(Cl)ccc3O)c2)c1. The number of anilines is 1. The summed E-state index contributed by atoms with van der Waals surface area (Å²) in [5, 5.41) is 16.5. The maximum absolute atomic E-state index is 12.4. The van der Waals surface area contributed by atoms with Gasteiger partial charge in [-0.3, -0.25) is 4.79 Å². The molecule has 5 heteroatoms. The topological polar surface area (TPSA) is 61.4 Å². The first-order chi connectivity index (χ1) is 13.4. The van der Waals surface area contributed by atoms with Gasteiger partial charge in [0.2, 0.25) is 0 Å². The summed E-state index contributed by atoms with van der Waals surface area (Å²) in [5.74, 6) is -0.506. The molecular formula is C23H23ClN2O2. The Morgan fingerprint density at radius 2 is 1.64 bits per heavy atom. The van der Waals surface area contributed by atoms with Gasteiger partial charge in [-0.1, -0.05) is 53.1 Å². The van der Waals surface area contributed by atoms with Gasteiger partial charge in [-0.15, -0.1) is 0 Å². The molecule has 4 nitrogen and oxygen atoms in total. The number of carbonyl (C=O) groups is 1. The second-order valence-corrected chi connectivity index (χ2v) is 7.35. The molecular weight excluding hydrogens is 372 g/mol. The molecule has 28 heavy (non-hydrogen) atoms. The molecule has 0 bridgehead atoms. The Morgan fingerprint density at radius 1 is 0.929 bits per heavy atom. The van der Waals surface area contributed by atoms with Gasteiger partial charge < -0.3 is 15.7 Å². The summed E-state index contributed by atoms with van der Waals surface area (Å²) in [4.78, 5) is 12.4. The normalized spacial score (nSPS) is 10.7. The van der Waals surface area contributed by atoms with E-state index in [1.54, 1.807) is 0 Å². The van der Waals surface area contributed by atoms with E-state index in [1.165, 1.54) is 34.9 Å². The van der Waals surface area contributed by atoms with Crippen molar-refractivity contribution in [1.29, 1.82) is 0 Å². The van der Waals surface area contributed by atoms with Gasteiger partial charge in [-0.05, 0) is 55.3 Å². The zero-order valence-corrected chi connectivity index (χ0v) is 16.7. The second kappa shape index (κ2) is 8.91. The van der Waals surface area contributed by atoms with E-state index in [2.05, 4.69) is 42.7 Å². The van der Waals surface area contributed by atoms with Crippen molar-refractivity contribution in [2.45, 2.75) is 26.9 Å². The van der Waals surface area contributed by atoms with Crippen LogP contribution in [0.2, 0.25) is 5.02 Å². The van der Waals surface area contributed by atoms with E-state index in [1.807, 2.05) is 24.3 Å². The Bertz CT molecular complexity index is 981. The summed E-state index contributed by atoms with van der Waals surface area (Å²) in [7, 11) is 0. The summed E-state index contributed by atoms with van der Waals surface area (Å²) in [6.45, 7) is 5.65. The van der Waals surface area contributed by atoms with Crippen LogP contribution < -0.4 is 10.6 Å². The number of amides is 1. The van der Waals surface area contributed by atoms with Crippen LogP contribution in [0.3, 0.4) is 0 Å². The minimum atomic E-state index is -0.402. The van der Waals surface area contributed by atoms with Gasteiger partial charge in [-0.25, -0.2) is 0 Å². The fourth-order valence-electron chi connectivity index (χ4n) is 3.17. The third-order valence-electron chi connectivity index (χ3n) is 4.33. The van der Waals surface area contributed by atoms with Gasteiger partial charge in [0.1, 0.15) is 5.75 Å². The molecule has 0 aromatic heterocycles. The van der Waals surface area contributed by atoms with Crippen molar-refractivity contribution in [1.82, 2.24) is 5.32 Å². The first-order valence-corrected chi connectivity index (χ1v) is 9.45. The lowest BCUT2D eigenvalue weighted by Crippen LogP contribution is -2.14. The number of rotatable bonds is 6. The largest absolute Gasteiger partial charge is 0.507 e. The van der Waals surface area contributed by atoms with Gasteiger partial charge in [0.15, 0.2) is 0 Å². The van der Waals surface area contributed by atoms with Gasteiger partial charge in [0.25, 0.3) is 5.91 Å². The standard InChI is InChI=1S/C23H23ClN2O2/c1-15-8-16(2)10-18(9-15)14-25-13-17-4-3-5-20(11-17)26-23(28)21-12-19(24)6-7-22(21)27/h3-12,25,27H,13-14H2,1-2H3,(H,26,28). The molecule has 0 spiro atoms. The quantitative estimate of drug-likeness (QED) is 0.538. The fourth-order valence-corrected chi connectivity index (χ4v) is 3.34. The summed E-state index contributed by atoms with van der Waals surface area (Å²) in [6.07, 6.45) is 0. The van der Waals surface area contributed by atoms with E-state index < -0.39 is 5.91 Å². The highest BCUT2D eigenvalue weighted by Crippen LogP contribution is 2.23. The molecule has 3 N–H and O–H groups in total. The van der Waals surface area contributed by atoms with E-state index in [0.29, 0.717) is 17.3 Å². The van der Waals surface area contributed by atoms with Crippen LogP contribution in [0, 0.1) is 13.8 Å². The zero-order valence-electron chi connectivity index (χ0n) is 15.9. The molecule has 0 aliphatic heterocycles. The molecule has 3 aromatic rings. The Labute approximate surface area is 170 Å². The molecule has 0 aliphatic rings. The lowest BCUT2D eigenvalue weighted by atomic mass is 10.1. The number of halogens is 1. The van der Waals surface area contributed by atoms with Crippen molar-refractivity contribution in [3.8, 4) is 5.75 Å². The highest BCUT2D eigenvalue weighted by atomic mass is 35.5. The highest BCUT2D eigenvalue weighted by Gasteiger charge is 2.12. The Balaban J connectivity index is 1.62. The fraction of sp³-hybridized carbons (Fsp3) is 0.174. The molecule has 0 radical (unpaired) electrons. The summed E-state index contributed by atoms with van der Waals surface area (Å²) in [6, 6.07) is 18.5. The maximum atomic E-state index is 12.4. The molecule has 0 saturated carbocycles. The lowest BCUT2D eigenvalue weighted by Gasteiger charge is -2.10.